The minimum atomic E-state index is -1.16. The first-order valence-electron chi connectivity index (χ1n) is 3.98. The molecule has 0 aliphatic heterocycles. The normalized spacial score (nSPS) is 14.8. The number of ether oxygens (including phenoxy) is 1. The molecule has 4 nitrogen and oxygen atoms in total. The number of carbonyl (C=O) groups excluding carboxylic acids is 2. The Hall–Kier alpha value is -0.610. The molecule has 5 heteroatoms. The van der Waals surface area contributed by atoms with Crippen LogP contribution in [-0.2, 0) is 14.3 Å². The first kappa shape index (κ1) is 12.4. The number of aliphatic hydroxyl groups is 1. The number of ketones is 1. The molecule has 76 valence electrons. The number of esters is 1. The maximum atomic E-state index is 11.1. The number of Topliss-reactive ketones (excluding diaryl/α,β-unsaturated/α-hetero) is 1. The molecule has 0 amide bonds. The van der Waals surface area contributed by atoms with E-state index in [1.54, 1.807) is 6.92 Å². The summed E-state index contributed by atoms with van der Waals surface area (Å²) in [4.78, 5) is 22.2. The van der Waals surface area contributed by atoms with Gasteiger partial charge in [-0.05, 0) is 13.8 Å². The third-order valence-corrected chi connectivity index (χ3v) is 1.76. The topological polar surface area (TPSA) is 63.6 Å². The number of hydrogen-bond acceptors (Lipinski definition) is 4. The summed E-state index contributed by atoms with van der Waals surface area (Å²) < 4.78 is 4.61. The molecule has 0 rings (SSSR count). The molecular formula is C8H13ClO4. The highest BCUT2D eigenvalue weighted by molar-refractivity contribution is 6.29. The van der Waals surface area contributed by atoms with Crippen LogP contribution in [0.3, 0.4) is 0 Å². The molecular weight excluding hydrogens is 196 g/mol. The smallest absolute Gasteiger partial charge is 0.319 e. The summed E-state index contributed by atoms with van der Waals surface area (Å²) >= 11 is 5.27. The second-order valence-electron chi connectivity index (χ2n) is 2.57. The van der Waals surface area contributed by atoms with E-state index in [1.165, 1.54) is 6.92 Å². The average Bonchev–Trinajstić information content (AvgIpc) is 2.04. The van der Waals surface area contributed by atoms with Crippen LogP contribution in [0, 0.1) is 5.92 Å². The van der Waals surface area contributed by atoms with Crippen molar-refractivity contribution in [1.29, 1.82) is 0 Å². The summed E-state index contributed by atoms with van der Waals surface area (Å²) in [6.45, 7) is 3.16. The third-order valence-electron chi connectivity index (χ3n) is 1.50. The van der Waals surface area contributed by atoms with Gasteiger partial charge in [-0.2, -0.15) is 0 Å². The van der Waals surface area contributed by atoms with Gasteiger partial charge in [-0.1, -0.05) is 0 Å². The molecule has 0 saturated carbocycles. The number of rotatable bonds is 5. The molecule has 0 saturated heterocycles. The molecule has 0 aromatic carbocycles. The summed E-state index contributed by atoms with van der Waals surface area (Å²) in [5.74, 6) is -2.69. The van der Waals surface area contributed by atoms with Crippen molar-refractivity contribution in [1.82, 2.24) is 0 Å². The molecule has 0 radical (unpaired) electrons. The van der Waals surface area contributed by atoms with Crippen molar-refractivity contribution in [3.8, 4) is 0 Å². The fraction of sp³-hybridized carbons (Fsp3) is 0.750. The lowest BCUT2D eigenvalue weighted by Gasteiger charge is -2.15. The monoisotopic (exact) mass is 208 g/mol. The van der Waals surface area contributed by atoms with Crippen molar-refractivity contribution < 1.29 is 19.4 Å². The molecule has 2 atom stereocenters. The van der Waals surface area contributed by atoms with Gasteiger partial charge in [0.25, 0.3) is 0 Å². The van der Waals surface area contributed by atoms with E-state index in [2.05, 4.69) is 4.74 Å². The van der Waals surface area contributed by atoms with Crippen LogP contribution in [0.15, 0.2) is 0 Å². The molecule has 0 fully saturated rings. The highest BCUT2D eigenvalue weighted by Crippen LogP contribution is 2.09. The van der Waals surface area contributed by atoms with Gasteiger partial charge >= 0.3 is 5.97 Å². The second kappa shape index (κ2) is 5.94. The fourth-order valence-corrected chi connectivity index (χ4v) is 1.08. The maximum absolute atomic E-state index is 11.1. The van der Waals surface area contributed by atoms with E-state index in [-0.39, 0.29) is 12.5 Å². The Morgan fingerprint density at radius 3 is 2.38 bits per heavy atom. The summed E-state index contributed by atoms with van der Waals surface area (Å²) in [5, 5.41) is 9.13. The van der Waals surface area contributed by atoms with Gasteiger partial charge in [-0.15, -0.1) is 11.6 Å². The Balaban J connectivity index is 4.41. The lowest BCUT2D eigenvalue weighted by atomic mass is 10.00. The zero-order valence-electron chi connectivity index (χ0n) is 7.62. The van der Waals surface area contributed by atoms with Crippen molar-refractivity contribution in [2.24, 2.45) is 5.92 Å². The molecule has 0 aliphatic carbocycles. The van der Waals surface area contributed by atoms with E-state index in [1.807, 2.05) is 0 Å². The molecule has 0 aromatic heterocycles. The van der Waals surface area contributed by atoms with E-state index in [9.17, 15) is 9.59 Å². The SMILES string of the molecule is CCOC(=O)C(C(=O)CCl)C(C)O. The second-order valence-corrected chi connectivity index (χ2v) is 2.84. The van der Waals surface area contributed by atoms with E-state index in [0.29, 0.717) is 0 Å². The quantitative estimate of drug-likeness (QED) is 0.403. The van der Waals surface area contributed by atoms with Crippen LogP contribution < -0.4 is 0 Å². The number of halogens is 1. The average molecular weight is 209 g/mol. The molecule has 0 heterocycles. The summed E-state index contributed by atoms with van der Waals surface area (Å²) in [5.41, 5.74) is 0. The predicted octanol–water partition coefficient (Wildman–Crippen LogP) is 0.354. The molecule has 13 heavy (non-hydrogen) atoms. The van der Waals surface area contributed by atoms with Crippen molar-refractivity contribution in [3.63, 3.8) is 0 Å². The number of carbonyl (C=O) groups is 2. The van der Waals surface area contributed by atoms with Gasteiger partial charge in [0.2, 0.25) is 0 Å². The summed E-state index contributed by atoms with van der Waals surface area (Å²) in [6, 6.07) is 0. The zero-order valence-corrected chi connectivity index (χ0v) is 8.37. The largest absolute Gasteiger partial charge is 0.465 e. The Kier molecular flexibility index (Phi) is 5.66. The van der Waals surface area contributed by atoms with E-state index >= 15 is 0 Å². The van der Waals surface area contributed by atoms with Crippen LogP contribution in [0.25, 0.3) is 0 Å². The molecule has 0 aliphatic rings. The minimum absolute atomic E-state index is 0.178. The summed E-state index contributed by atoms with van der Waals surface area (Å²) in [6.07, 6.45) is -1.06. The van der Waals surface area contributed by atoms with Crippen LogP contribution in [0.5, 0.6) is 0 Å². The van der Waals surface area contributed by atoms with Gasteiger partial charge in [0.05, 0.1) is 18.6 Å². The lowest BCUT2D eigenvalue weighted by molar-refractivity contribution is -0.155. The first-order chi connectivity index (χ1) is 6.04. The molecule has 1 N–H and O–H groups in total. The van der Waals surface area contributed by atoms with E-state index in [0.717, 1.165) is 0 Å². The Morgan fingerprint density at radius 2 is 2.08 bits per heavy atom. The van der Waals surface area contributed by atoms with Crippen molar-refractivity contribution in [2.75, 3.05) is 12.5 Å². The maximum Gasteiger partial charge on any atom is 0.319 e. The highest BCUT2D eigenvalue weighted by Gasteiger charge is 2.31. The van der Waals surface area contributed by atoms with E-state index < -0.39 is 23.8 Å². The Morgan fingerprint density at radius 1 is 1.54 bits per heavy atom. The van der Waals surface area contributed by atoms with E-state index in [4.69, 9.17) is 16.7 Å². The Bertz CT molecular complexity index is 191. The molecule has 0 spiro atoms. The summed E-state index contributed by atoms with van der Waals surface area (Å²) in [7, 11) is 0. The highest BCUT2D eigenvalue weighted by atomic mass is 35.5. The van der Waals surface area contributed by atoms with Crippen LogP contribution in [0.2, 0.25) is 0 Å². The van der Waals surface area contributed by atoms with Crippen molar-refractivity contribution in [2.45, 2.75) is 20.0 Å². The fourth-order valence-electron chi connectivity index (χ4n) is 0.913. The predicted molar refractivity (Wildman–Crippen MR) is 47.5 cm³/mol. The van der Waals surface area contributed by atoms with Crippen LogP contribution in [0.4, 0.5) is 0 Å². The molecule has 0 bridgehead atoms. The third kappa shape index (κ3) is 3.74. The van der Waals surface area contributed by atoms with Gasteiger partial charge in [0.1, 0.15) is 5.92 Å². The minimum Gasteiger partial charge on any atom is -0.465 e. The number of alkyl halides is 1. The van der Waals surface area contributed by atoms with Gasteiger partial charge < -0.3 is 9.84 Å². The van der Waals surface area contributed by atoms with Gasteiger partial charge in [0.15, 0.2) is 5.78 Å². The standard InChI is InChI=1S/C8H13ClO4/c1-3-13-8(12)7(5(2)10)6(11)4-9/h5,7,10H,3-4H2,1-2H3. The van der Waals surface area contributed by atoms with Crippen molar-refractivity contribution in [3.05, 3.63) is 0 Å². The molecule has 2 unspecified atom stereocenters. The van der Waals surface area contributed by atoms with Crippen LogP contribution in [-0.4, -0.2) is 35.4 Å². The van der Waals surface area contributed by atoms with Gasteiger partial charge in [-0.25, -0.2) is 0 Å². The number of hydrogen-bond donors (Lipinski definition) is 1. The zero-order chi connectivity index (χ0) is 10.4. The van der Waals surface area contributed by atoms with Crippen LogP contribution in [0.1, 0.15) is 13.8 Å². The van der Waals surface area contributed by atoms with Crippen LogP contribution >= 0.6 is 11.6 Å². The molecule has 0 aromatic rings. The van der Waals surface area contributed by atoms with Crippen molar-refractivity contribution >= 4 is 23.4 Å². The lowest BCUT2D eigenvalue weighted by Crippen LogP contribution is -2.35. The Labute approximate surface area is 81.8 Å². The first-order valence-corrected chi connectivity index (χ1v) is 4.51. The van der Waals surface area contributed by atoms with Gasteiger partial charge in [-0.3, -0.25) is 9.59 Å². The van der Waals surface area contributed by atoms with Gasteiger partial charge in [0, 0.05) is 0 Å². The number of aliphatic hydroxyl groups excluding tert-OH is 1.